The van der Waals surface area contributed by atoms with Crippen LogP contribution < -0.4 is 16.6 Å². The summed E-state index contributed by atoms with van der Waals surface area (Å²) in [7, 11) is 0. The van der Waals surface area contributed by atoms with Gasteiger partial charge in [-0.3, -0.25) is 19.1 Å². The Morgan fingerprint density at radius 3 is 2.40 bits per heavy atom. The molecule has 0 aliphatic carbocycles. The molecule has 0 radical (unpaired) electrons. The summed E-state index contributed by atoms with van der Waals surface area (Å²) in [5.41, 5.74) is 0.215. The van der Waals surface area contributed by atoms with Gasteiger partial charge >= 0.3 is 5.69 Å². The lowest BCUT2D eigenvalue weighted by atomic mass is 9.90. The molecule has 1 atom stereocenters. The fourth-order valence-corrected chi connectivity index (χ4v) is 4.05. The second-order valence-electron chi connectivity index (χ2n) is 8.35. The van der Waals surface area contributed by atoms with Gasteiger partial charge in [-0.2, -0.15) is 0 Å². The van der Waals surface area contributed by atoms with E-state index in [0.29, 0.717) is 24.2 Å². The molecule has 4 aromatic rings. The van der Waals surface area contributed by atoms with Gasteiger partial charge in [0.15, 0.2) is 5.65 Å². The highest BCUT2D eigenvalue weighted by Crippen LogP contribution is 2.30. The molecule has 0 fully saturated rings. The van der Waals surface area contributed by atoms with Crippen molar-refractivity contribution in [3.05, 3.63) is 91.9 Å². The summed E-state index contributed by atoms with van der Waals surface area (Å²) in [5, 5.41) is 2.67. The van der Waals surface area contributed by atoms with Crippen LogP contribution in [0, 0.1) is 11.6 Å². The zero-order chi connectivity index (χ0) is 25.1. The minimum atomic E-state index is -0.696. The number of carbonyl (C=O) groups excluding carboxylic acids is 1. The summed E-state index contributed by atoms with van der Waals surface area (Å²) in [5.74, 6) is -2.01. The van der Waals surface area contributed by atoms with Gasteiger partial charge in [-0.05, 0) is 42.7 Å². The van der Waals surface area contributed by atoms with E-state index in [1.54, 1.807) is 24.3 Å². The number of nitrogens with zero attached hydrogens (tertiary/aromatic N) is 2. The number of aromatic amines is 2. The fraction of sp³-hybridized carbons (Fsp3) is 0.280. The average Bonchev–Trinajstić information content (AvgIpc) is 3.25. The summed E-state index contributed by atoms with van der Waals surface area (Å²) in [4.78, 5) is 46.2. The van der Waals surface area contributed by atoms with Crippen molar-refractivity contribution < 1.29 is 13.6 Å². The Hall–Kier alpha value is -4.08. The van der Waals surface area contributed by atoms with Gasteiger partial charge in [0.05, 0.1) is 0 Å². The highest BCUT2D eigenvalue weighted by atomic mass is 19.1. The minimum Gasteiger partial charge on any atom is -0.336 e. The first-order chi connectivity index (χ1) is 16.8. The SMILES string of the molecule is CCCCn1c(=O)[nH]c(=O)c2[nH]c(C(Cc3c(F)cccc3F)c3ccc(NC(C)=O)cc3)nc21. The normalized spacial score (nSPS) is 12.1. The van der Waals surface area contributed by atoms with Crippen LogP contribution in [0.2, 0.25) is 0 Å². The highest BCUT2D eigenvalue weighted by molar-refractivity contribution is 5.88. The molecule has 35 heavy (non-hydrogen) atoms. The number of benzene rings is 2. The maximum atomic E-state index is 14.6. The van der Waals surface area contributed by atoms with Crippen LogP contribution in [-0.4, -0.2) is 25.4 Å². The molecule has 3 N–H and O–H groups in total. The van der Waals surface area contributed by atoms with Crippen LogP contribution in [0.4, 0.5) is 14.5 Å². The molecule has 10 heteroatoms. The Labute approximate surface area is 199 Å². The van der Waals surface area contributed by atoms with Crippen LogP contribution in [0.5, 0.6) is 0 Å². The molecule has 0 spiro atoms. The molecule has 0 saturated carbocycles. The molecule has 2 heterocycles. The van der Waals surface area contributed by atoms with Crippen molar-refractivity contribution in [1.82, 2.24) is 19.5 Å². The molecule has 0 bridgehead atoms. The van der Waals surface area contributed by atoms with Gasteiger partial charge in [-0.25, -0.2) is 18.6 Å². The van der Waals surface area contributed by atoms with Crippen LogP contribution in [-0.2, 0) is 17.8 Å². The van der Waals surface area contributed by atoms with Crippen molar-refractivity contribution in [2.75, 3.05) is 5.32 Å². The number of unbranched alkanes of at least 4 members (excludes halogenated alkanes) is 1. The molecule has 0 aliphatic heterocycles. The topological polar surface area (TPSA) is 113 Å². The number of nitrogens with one attached hydrogen (secondary N) is 3. The zero-order valence-electron chi connectivity index (χ0n) is 19.3. The van der Waals surface area contributed by atoms with E-state index in [1.165, 1.54) is 29.7 Å². The molecule has 2 aromatic heterocycles. The van der Waals surface area contributed by atoms with Gasteiger partial charge < -0.3 is 10.3 Å². The van der Waals surface area contributed by atoms with E-state index in [4.69, 9.17) is 0 Å². The van der Waals surface area contributed by atoms with E-state index in [0.717, 1.165) is 6.42 Å². The Morgan fingerprint density at radius 2 is 1.77 bits per heavy atom. The molecular formula is C25H25F2N5O3. The van der Waals surface area contributed by atoms with Gasteiger partial charge in [0, 0.05) is 30.6 Å². The third-order valence-electron chi connectivity index (χ3n) is 5.82. The number of imidazole rings is 1. The molecule has 0 saturated heterocycles. The predicted octanol–water partition coefficient (Wildman–Crippen LogP) is 3.82. The van der Waals surface area contributed by atoms with Crippen LogP contribution in [0.1, 0.15) is 49.6 Å². The van der Waals surface area contributed by atoms with Gasteiger partial charge in [-0.1, -0.05) is 31.5 Å². The van der Waals surface area contributed by atoms with Crippen molar-refractivity contribution in [3.8, 4) is 0 Å². The maximum absolute atomic E-state index is 14.6. The summed E-state index contributed by atoms with van der Waals surface area (Å²) >= 11 is 0. The van der Waals surface area contributed by atoms with Gasteiger partial charge in [-0.15, -0.1) is 0 Å². The lowest BCUT2D eigenvalue weighted by Crippen LogP contribution is -2.30. The van der Waals surface area contributed by atoms with E-state index in [-0.39, 0.29) is 34.9 Å². The highest BCUT2D eigenvalue weighted by Gasteiger charge is 2.24. The number of fused-ring (bicyclic) bond motifs is 1. The van der Waals surface area contributed by atoms with E-state index < -0.39 is 28.8 Å². The molecule has 0 aliphatic rings. The fourth-order valence-electron chi connectivity index (χ4n) is 4.05. The number of rotatable bonds is 8. The largest absolute Gasteiger partial charge is 0.336 e. The molecular weight excluding hydrogens is 456 g/mol. The quantitative estimate of drug-likeness (QED) is 0.355. The van der Waals surface area contributed by atoms with Gasteiger partial charge in [0.1, 0.15) is 23.0 Å². The lowest BCUT2D eigenvalue weighted by molar-refractivity contribution is -0.114. The summed E-state index contributed by atoms with van der Waals surface area (Å²) < 4.78 is 30.5. The van der Waals surface area contributed by atoms with E-state index in [1.807, 2.05) is 6.92 Å². The smallest absolute Gasteiger partial charge is 0.330 e. The second-order valence-corrected chi connectivity index (χ2v) is 8.35. The number of H-pyrrole nitrogens is 2. The average molecular weight is 482 g/mol. The summed E-state index contributed by atoms with van der Waals surface area (Å²) in [6.45, 7) is 3.74. The van der Waals surface area contributed by atoms with E-state index in [9.17, 15) is 23.2 Å². The van der Waals surface area contributed by atoms with Crippen molar-refractivity contribution in [2.24, 2.45) is 0 Å². The van der Waals surface area contributed by atoms with Gasteiger partial charge in [0.2, 0.25) is 5.91 Å². The Bertz CT molecular complexity index is 1470. The van der Waals surface area contributed by atoms with Crippen LogP contribution in [0.25, 0.3) is 11.2 Å². The molecule has 8 nitrogen and oxygen atoms in total. The lowest BCUT2D eigenvalue weighted by Gasteiger charge is -2.17. The number of anilines is 1. The Balaban J connectivity index is 1.86. The number of hydrogen-bond donors (Lipinski definition) is 3. The Kier molecular flexibility index (Phi) is 6.90. The number of hydrogen-bond acceptors (Lipinski definition) is 4. The first-order valence-electron chi connectivity index (χ1n) is 11.3. The maximum Gasteiger partial charge on any atom is 0.330 e. The molecule has 4 rings (SSSR count). The third-order valence-corrected chi connectivity index (χ3v) is 5.82. The number of halogens is 2. The van der Waals surface area contributed by atoms with Gasteiger partial charge in [0.25, 0.3) is 5.56 Å². The standard InChI is InChI=1S/C25H25F2N5O3/c1-3-4-12-32-23-21(24(34)31-25(32)35)29-22(30-23)17(13-18-19(26)6-5-7-20(18)27)15-8-10-16(11-9-15)28-14(2)33/h5-11,17H,3-4,12-13H2,1-2H3,(H,28,33)(H,29,30)(H,31,34,35). The van der Waals surface area contributed by atoms with Crippen LogP contribution in [0.3, 0.4) is 0 Å². The molecule has 1 amide bonds. The summed E-state index contributed by atoms with van der Waals surface area (Å²) in [6.07, 6.45) is 1.45. The molecule has 2 aromatic carbocycles. The number of aromatic nitrogens is 4. The third kappa shape index (κ3) is 5.06. The van der Waals surface area contributed by atoms with E-state index >= 15 is 0 Å². The first-order valence-corrected chi connectivity index (χ1v) is 11.3. The number of amides is 1. The van der Waals surface area contributed by atoms with Crippen LogP contribution >= 0.6 is 0 Å². The monoisotopic (exact) mass is 481 g/mol. The van der Waals surface area contributed by atoms with Crippen molar-refractivity contribution in [2.45, 2.75) is 45.6 Å². The van der Waals surface area contributed by atoms with Crippen molar-refractivity contribution in [3.63, 3.8) is 0 Å². The molecule has 182 valence electrons. The van der Waals surface area contributed by atoms with E-state index in [2.05, 4.69) is 20.3 Å². The summed E-state index contributed by atoms with van der Waals surface area (Å²) in [6, 6.07) is 10.4. The second kappa shape index (κ2) is 10.0. The minimum absolute atomic E-state index is 0.0884. The Morgan fingerprint density at radius 1 is 1.09 bits per heavy atom. The van der Waals surface area contributed by atoms with Crippen molar-refractivity contribution in [1.29, 1.82) is 0 Å². The molecule has 1 unspecified atom stereocenters. The predicted molar refractivity (Wildman–Crippen MR) is 129 cm³/mol. The number of aryl methyl sites for hydroxylation is 1. The van der Waals surface area contributed by atoms with Crippen LogP contribution in [0.15, 0.2) is 52.1 Å². The zero-order valence-corrected chi connectivity index (χ0v) is 19.3. The number of carbonyl (C=O) groups is 1. The first kappa shape index (κ1) is 24.1. The van der Waals surface area contributed by atoms with Crippen molar-refractivity contribution >= 4 is 22.8 Å².